The van der Waals surface area contributed by atoms with Crippen LogP contribution in [0.5, 0.6) is 0 Å². The summed E-state index contributed by atoms with van der Waals surface area (Å²) < 4.78 is 27.2. The second-order valence-electron chi connectivity index (χ2n) is 5.17. The van der Waals surface area contributed by atoms with E-state index in [0.29, 0.717) is 0 Å². The molecule has 4 N–H and O–H groups in total. The highest BCUT2D eigenvalue weighted by Gasteiger charge is 2.22. The Bertz CT molecular complexity index is 501. The number of likely N-dealkylation sites (tertiary alicyclic amines) is 1. The number of likely N-dealkylation sites (N-methyl/N-ethyl adjacent to an activating group) is 1. The number of hydrogen-bond acceptors (Lipinski definition) is 4. The third-order valence-corrected chi connectivity index (χ3v) is 3.74. The number of rotatable bonds is 4. The van der Waals surface area contributed by atoms with Gasteiger partial charge in [0.25, 0.3) is 5.91 Å². The number of amides is 1. The summed E-state index contributed by atoms with van der Waals surface area (Å²) in [5.74, 6) is 2.77. The number of halogens is 2. The standard InChI is InChI=1S/C14H20F2N4O/c1-2-20-5-3-4-10(8-20)18-14(21)9-6-11(15)13(19-17)12(16)7-9/h6-7,10,19H,2-5,8,17H2,1H3,(H,18,21). The van der Waals surface area contributed by atoms with E-state index in [1.165, 1.54) is 0 Å². The number of nitrogen functional groups attached to an aromatic ring is 1. The predicted octanol–water partition coefficient (Wildman–Crippen LogP) is 1.46. The summed E-state index contributed by atoms with van der Waals surface area (Å²) in [5, 5.41) is 2.83. The number of nitrogens with one attached hydrogen (secondary N) is 2. The monoisotopic (exact) mass is 298 g/mol. The quantitative estimate of drug-likeness (QED) is 0.581. The molecule has 5 nitrogen and oxygen atoms in total. The molecule has 1 amide bonds. The van der Waals surface area contributed by atoms with Gasteiger partial charge in [-0.2, -0.15) is 0 Å². The Kier molecular flexibility index (Phi) is 5.08. The number of hydrogen-bond donors (Lipinski definition) is 3. The topological polar surface area (TPSA) is 70.4 Å². The average Bonchev–Trinajstić information content (AvgIpc) is 2.47. The number of carbonyl (C=O) groups is 1. The van der Waals surface area contributed by atoms with Gasteiger partial charge in [0, 0.05) is 18.2 Å². The third-order valence-electron chi connectivity index (χ3n) is 3.74. The number of benzene rings is 1. The molecule has 1 atom stereocenters. The maximum atomic E-state index is 13.6. The molecule has 1 aromatic carbocycles. The SMILES string of the molecule is CCN1CCCC(NC(=O)c2cc(F)c(NN)c(F)c2)C1. The van der Waals surface area contributed by atoms with E-state index in [0.717, 1.165) is 44.6 Å². The van der Waals surface area contributed by atoms with Crippen LogP contribution in [0.2, 0.25) is 0 Å². The molecule has 1 heterocycles. The molecular weight excluding hydrogens is 278 g/mol. The van der Waals surface area contributed by atoms with E-state index in [1.807, 2.05) is 5.43 Å². The zero-order valence-corrected chi connectivity index (χ0v) is 12.0. The highest BCUT2D eigenvalue weighted by atomic mass is 19.1. The number of piperidine rings is 1. The minimum Gasteiger partial charge on any atom is -0.348 e. The fraction of sp³-hybridized carbons (Fsp3) is 0.500. The van der Waals surface area contributed by atoms with Crippen LogP contribution in [-0.2, 0) is 0 Å². The molecule has 0 saturated carbocycles. The van der Waals surface area contributed by atoms with Crippen molar-refractivity contribution in [2.45, 2.75) is 25.8 Å². The van der Waals surface area contributed by atoms with Crippen LogP contribution < -0.4 is 16.6 Å². The van der Waals surface area contributed by atoms with Crippen LogP contribution in [0.1, 0.15) is 30.1 Å². The fourth-order valence-corrected chi connectivity index (χ4v) is 2.57. The van der Waals surface area contributed by atoms with Gasteiger partial charge in [-0.1, -0.05) is 6.92 Å². The molecule has 7 heteroatoms. The van der Waals surface area contributed by atoms with E-state index in [1.54, 1.807) is 0 Å². The summed E-state index contributed by atoms with van der Waals surface area (Å²) in [4.78, 5) is 14.3. The van der Waals surface area contributed by atoms with Crippen LogP contribution in [0, 0.1) is 11.6 Å². The van der Waals surface area contributed by atoms with E-state index >= 15 is 0 Å². The first-order valence-electron chi connectivity index (χ1n) is 7.04. The summed E-state index contributed by atoms with van der Waals surface area (Å²) in [7, 11) is 0. The van der Waals surface area contributed by atoms with Crippen molar-refractivity contribution in [3.05, 3.63) is 29.3 Å². The van der Waals surface area contributed by atoms with Crippen molar-refractivity contribution in [1.82, 2.24) is 10.2 Å². The van der Waals surface area contributed by atoms with Crippen LogP contribution in [0.25, 0.3) is 0 Å². The molecule has 1 unspecified atom stereocenters. The molecule has 1 fully saturated rings. The summed E-state index contributed by atoms with van der Waals surface area (Å²) in [6.07, 6.45) is 1.87. The molecule has 21 heavy (non-hydrogen) atoms. The number of carbonyl (C=O) groups excluding carboxylic acids is 1. The highest BCUT2D eigenvalue weighted by Crippen LogP contribution is 2.20. The lowest BCUT2D eigenvalue weighted by atomic mass is 10.0. The summed E-state index contributed by atoms with van der Waals surface area (Å²) in [6, 6.07) is 1.96. The van der Waals surface area contributed by atoms with Crippen molar-refractivity contribution in [3.63, 3.8) is 0 Å². The van der Waals surface area contributed by atoms with Crippen LogP contribution in [0.3, 0.4) is 0 Å². The molecular formula is C14H20F2N4O. The first-order valence-corrected chi connectivity index (χ1v) is 7.04. The lowest BCUT2D eigenvalue weighted by molar-refractivity contribution is 0.0905. The molecule has 0 bridgehead atoms. The summed E-state index contributed by atoms with van der Waals surface area (Å²) >= 11 is 0. The molecule has 1 saturated heterocycles. The minimum atomic E-state index is -0.888. The van der Waals surface area contributed by atoms with Gasteiger partial charge in [-0.05, 0) is 38.1 Å². The minimum absolute atomic E-state index is 0.00429. The normalized spacial score (nSPS) is 19.3. The van der Waals surface area contributed by atoms with Gasteiger partial charge in [0.2, 0.25) is 0 Å². The molecule has 0 aliphatic carbocycles. The van der Waals surface area contributed by atoms with Gasteiger partial charge in [0.15, 0.2) is 11.6 Å². The number of nitrogens with two attached hydrogens (primary N) is 1. The van der Waals surface area contributed by atoms with Gasteiger partial charge in [-0.3, -0.25) is 10.6 Å². The lowest BCUT2D eigenvalue weighted by Crippen LogP contribution is -2.47. The Morgan fingerprint density at radius 3 is 2.67 bits per heavy atom. The Morgan fingerprint density at radius 1 is 1.43 bits per heavy atom. The second kappa shape index (κ2) is 6.82. The van der Waals surface area contributed by atoms with Gasteiger partial charge < -0.3 is 15.6 Å². The predicted molar refractivity (Wildman–Crippen MR) is 76.8 cm³/mol. The molecule has 0 aromatic heterocycles. The van der Waals surface area contributed by atoms with Crippen molar-refractivity contribution in [3.8, 4) is 0 Å². The van der Waals surface area contributed by atoms with E-state index in [-0.39, 0.29) is 11.6 Å². The van der Waals surface area contributed by atoms with Gasteiger partial charge >= 0.3 is 0 Å². The smallest absolute Gasteiger partial charge is 0.251 e. The number of nitrogens with zero attached hydrogens (tertiary/aromatic N) is 1. The fourth-order valence-electron chi connectivity index (χ4n) is 2.57. The Hall–Kier alpha value is -1.73. The van der Waals surface area contributed by atoms with E-state index < -0.39 is 23.2 Å². The maximum Gasteiger partial charge on any atom is 0.251 e. The Labute approximate surface area is 122 Å². The number of anilines is 1. The van der Waals surface area contributed by atoms with Crippen LogP contribution in [0.15, 0.2) is 12.1 Å². The first kappa shape index (κ1) is 15.7. The molecule has 0 spiro atoms. The molecule has 116 valence electrons. The van der Waals surface area contributed by atoms with E-state index in [9.17, 15) is 13.6 Å². The van der Waals surface area contributed by atoms with E-state index in [4.69, 9.17) is 5.84 Å². The zero-order chi connectivity index (χ0) is 15.4. The van der Waals surface area contributed by atoms with Crippen molar-refractivity contribution in [2.24, 2.45) is 5.84 Å². The van der Waals surface area contributed by atoms with Crippen molar-refractivity contribution < 1.29 is 13.6 Å². The molecule has 1 aliphatic heterocycles. The van der Waals surface area contributed by atoms with E-state index in [2.05, 4.69) is 17.1 Å². The van der Waals surface area contributed by atoms with Crippen molar-refractivity contribution in [2.75, 3.05) is 25.1 Å². The van der Waals surface area contributed by atoms with Crippen molar-refractivity contribution >= 4 is 11.6 Å². The highest BCUT2D eigenvalue weighted by molar-refractivity contribution is 5.94. The Morgan fingerprint density at radius 2 is 2.10 bits per heavy atom. The first-order chi connectivity index (χ1) is 10.0. The second-order valence-corrected chi connectivity index (χ2v) is 5.17. The lowest BCUT2D eigenvalue weighted by Gasteiger charge is -2.32. The maximum absolute atomic E-state index is 13.6. The average molecular weight is 298 g/mol. The van der Waals surface area contributed by atoms with Crippen LogP contribution in [-0.4, -0.2) is 36.5 Å². The van der Waals surface area contributed by atoms with Crippen LogP contribution in [0.4, 0.5) is 14.5 Å². The van der Waals surface area contributed by atoms with Crippen LogP contribution >= 0.6 is 0 Å². The van der Waals surface area contributed by atoms with Gasteiger partial charge in [0.05, 0.1) is 0 Å². The van der Waals surface area contributed by atoms with Gasteiger partial charge in [0.1, 0.15) is 5.69 Å². The van der Waals surface area contributed by atoms with Crippen molar-refractivity contribution in [1.29, 1.82) is 0 Å². The molecule has 1 aromatic rings. The number of hydrazine groups is 1. The summed E-state index contributed by atoms with van der Waals surface area (Å²) in [6.45, 7) is 4.76. The largest absolute Gasteiger partial charge is 0.348 e. The molecule has 2 rings (SSSR count). The zero-order valence-electron chi connectivity index (χ0n) is 12.0. The molecule has 1 aliphatic rings. The summed E-state index contributed by atoms with van der Waals surface area (Å²) in [5.41, 5.74) is 1.45. The van der Waals surface area contributed by atoms with Gasteiger partial charge in [-0.15, -0.1) is 0 Å². The Balaban J connectivity index is 2.06. The van der Waals surface area contributed by atoms with Gasteiger partial charge in [-0.25, -0.2) is 8.78 Å². The third kappa shape index (κ3) is 3.68. The molecule has 0 radical (unpaired) electrons.